The van der Waals surface area contributed by atoms with Gasteiger partial charge >= 0.3 is 0 Å². The first kappa shape index (κ1) is 15.0. The van der Waals surface area contributed by atoms with Gasteiger partial charge < -0.3 is 10.4 Å². The van der Waals surface area contributed by atoms with Crippen LogP contribution in [0.4, 0.5) is 13.2 Å². The minimum absolute atomic E-state index is 0.149. The average molecular weight is 308 g/mol. The first-order valence-electron chi connectivity index (χ1n) is 6.15. The average Bonchev–Trinajstić information content (AvgIpc) is 2.89. The Balaban J connectivity index is 2.30. The van der Waals surface area contributed by atoms with Crippen LogP contribution in [0.1, 0.15) is 36.0 Å². The fraction of sp³-hybridized carbons (Fsp3) is 0.462. The predicted molar refractivity (Wildman–Crippen MR) is 67.4 cm³/mol. The normalized spacial score (nSPS) is 17.2. The summed E-state index contributed by atoms with van der Waals surface area (Å²) in [6.45, 7) is 0. The molecule has 0 aliphatic heterocycles. The molecule has 0 saturated heterocycles. The van der Waals surface area contributed by atoms with E-state index in [4.69, 9.17) is 16.7 Å². The van der Waals surface area contributed by atoms with Gasteiger partial charge in [-0.05, 0) is 18.9 Å². The number of aromatic hydroxyl groups is 1. The van der Waals surface area contributed by atoms with Crippen molar-refractivity contribution in [1.82, 2.24) is 5.32 Å². The molecule has 20 heavy (non-hydrogen) atoms. The van der Waals surface area contributed by atoms with E-state index < -0.39 is 40.2 Å². The van der Waals surface area contributed by atoms with Gasteiger partial charge in [-0.1, -0.05) is 12.8 Å². The first-order valence-corrected chi connectivity index (χ1v) is 6.68. The lowest BCUT2D eigenvalue weighted by Crippen LogP contribution is -2.48. The Morgan fingerprint density at radius 2 is 1.90 bits per heavy atom. The molecular weight excluding hydrogens is 295 g/mol. The van der Waals surface area contributed by atoms with E-state index in [1.54, 1.807) is 0 Å². The van der Waals surface area contributed by atoms with Crippen LogP contribution in [0.5, 0.6) is 5.75 Å². The number of phenols is 1. The fourth-order valence-corrected chi connectivity index (χ4v) is 2.74. The monoisotopic (exact) mass is 307 g/mol. The van der Waals surface area contributed by atoms with Gasteiger partial charge in [0.15, 0.2) is 17.4 Å². The standard InChI is InChI=1S/C13H13ClF3NO2/c14-6-13(3-1-2-4-13)18-12(20)7-5-8(15)10(17)11(19)9(7)16/h5,19H,1-4,6H2,(H,18,20). The molecule has 3 nitrogen and oxygen atoms in total. The van der Waals surface area contributed by atoms with Crippen LogP contribution < -0.4 is 5.32 Å². The lowest BCUT2D eigenvalue weighted by atomic mass is 9.99. The smallest absolute Gasteiger partial charge is 0.254 e. The van der Waals surface area contributed by atoms with Crippen LogP contribution >= 0.6 is 11.6 Å². The van der Waals surface area contributed by atoms with Crippen LogP contribution in [0.15, 0.2) is 6.07 Å². The van der Waals surface area contributed by atoms with Gasteiger partial charge in [0.1, 0.15) is 0 Å². The molecule has 1 saturated carbocycles. The minimum Gasteiger partial charge on any atom is -0.503 e. The summed E-state index contributed by atoms with van der Waals surface area (Å²) in [6.07, 6.45) is 3.02. The van der Waals surface area contributed by atoms with Crippen molar-refractivity contribution in [2.24, 2.45) is 0 Å². The number of carbonyl (C=O) groups is 1. The van der Waals surface area contributed by atoms with E-state index in [0.717, 1.165) is 12.8 Å². The summed E-state index contributed by atoms with van der Waals surface area (Å²) in [7, 11) is 0. The van der Waals surface area contributed by atoms with Crippen molar-refractivity contribution in [3.63, 3.8) is 0 Å². The lowest BCUT2D eigenvalue weighted by Gasteiger charge is -2.28. The van der Waals surface area contributed by atoms with Crippen LogP contribution in [0.25, 0.3) is 0 Å². The molecule has 2 rings (SSSR count). The van der Waals surface area contributed by atoms with Crippen molar-refractivity contribution in [3.8, 4) is 5.75 Å². The van der Waals surface area contributed by atoms with Crippen molar-refractivity contribution in [1.29, 1.82) is 0 Å². The number of rotatable bonds is 3. The van der Waals surface area contributed by atoms with Crippen molar-refractivity contribution < 1.29 is 23.1 Å². The molecule has 1 amide bonds. The zero-order chi connectivity index (χ0) is 14.9. The summed E-state index contributed by atoms with van der Waals surface area (Å²) in [5.41, 5.74) is -1.40. The highest BCUT2D eigenvalue weighted by molar-refractivity contribution is 6.19. The predicted octanol–water partition coefficient (Wildman–Crippen LogP) is 3.09. The van der Waals surface area contributed by atoms with E-state index in [2.05, 4.69) is 5.32 Å². The Bertz CT molecular complexity index is 545. The molecule has 7 heteroatoms. The molecule has 0 spiro atoms. The van der Waals surface area contributed by atoms with Gasteiger partial charge in [0.2, 0.25) is 5.82 Å². The number of amides is 1. The molecule has 0 aromatic heterocycles. The summed E-state index contributed by atoms with van der Waals surface area (Å²) in [6, 6.07) is 0.427. The number of carbonyl (C=O) groups excluding carboxylic acids is 1. The molecule has 1 fully saturated rings. The third-order valence-electron chi connectivity index (χ3n) is 3.57. The largest absolute Gasteiger partial charge is 0.503 e. The second-order valence-electron chi connectivity index (χ2n) is 4.96. The third-order valence-corrected chi connectivity index (χ3v) is 4.08. The number of halogens is 4. The van der Waals surface area contributed by atoms with E-state index in [9.17, 15) is 18.0 Å². The molecule has 0 heterocycles. The summed E-state index contributed by atoms with van der Waals surface area (Å²) in [5.74, 6) is -6.95. The Morgan fingerprint density at radius 1 is 1.30 bits per heavy atom. The Labute approximate surface area is 118 Å². The maximum atomic E-state index is 13.6. The number of hydrogen-bond acceptors (Lipinski definition) is 2. The maximum absolute atomic E-state index is 13.6. The zero-order valence-electron chi connectivity index (χ0n) is 10.5. The topological polar surface area (TPSA) is 49.3 Å². The molecule has 0 bridgehead atoms. The van der Waals surface area contributed by atoms with Gasteiger partial charge in [0.25, 0.3) is 5.91 Å². The minimum atomic E-state index is -1.72. The van der Waals surface area contributed by atoms with Crippen LogP contribution in [0.3, 0.4) is 0 Å². The molecule has 110 valence electrons. The van der Waals surface area contributed by atoms with Gasteiger partial charge in [-0.25, -0.2) is 8.78 Å². The second-order valence-corrected chi connectivity index (χ2v) is 5.22. The summed E-state index contributed by atoms with van der Waals surface area (Å²) in [4.78, 5) is 12.0. The SMILES string of the molecule is O=C(NC1(CCl)CCCC1)c1cc(F)c(F)c(O)c1F. The van der Waals surface area contributed by atoms with Crippen LogP contribution in [0, 0.1) is 17.5 Å². The van der Waals surface area contributed by atoms with E-state index in [0.29, 0.717) is 18.9 Å². The van der Waals surface area contributed by atoms with E-state index in [1.165, 1.54) is 0 Å². The molecule has 1 aromatic rings. The Morgan fingerprint density at radius 3 is 2.45 bits per heavy atom. The number of nitrogens with one attached hydrogen (secondary N) is 1. The molecule has 0 radical (unpaired) electrons. The first-order chi connectivity index (χ1) is 9.40. The fourth-order valence-electron chi connectivity index (χ4n) is 2.41. The van der Waals surface area contributed by atoms with E-state index in [-0.39, 0.29) is 5.88 Å². The number of hydrogen-bond donors (Lipinski definition) is 2. The summed E-state index contributed by atoms with van der Waals surface area (Å²) < 4.78 is 39.8. The molecule has 2 N–H and O–H groups in total. The Kier molecular flexibility index (Phi) is 4.13. The highest BCUT2D eigenvalue weighted by atomic mass is 35.5. The van der Waals surface area contributed by atoms with E-state index in [1.807, 2.05) is 0 Å². The third kappa shape index (κ3) is 2.57. The number of benzene rings is 1. The molecular formula is C13H13ClF3NO2. The van der Waals surface area contributed by atoms with Gasteiger partial charge in [-0.3, -0.25) is 4.79 Å². The number of phenolic OH excluding ortho intramolecular Hbond substituents is 1. The Hall–Kier alpha value is -1.43. The highest BCUT2D eigenvalue weighted by Gasteiger charge is 2.35. The lowest BCUT2D eigenvalue weighted by molar-refractivity contribution is 0.0903. The summed E-state index contributed by atoms with van der Waals surface area (Å²) in [5, 5.41) is 11.7. The molecule has 0 atom stereocenters. The molecule has 1 aromatic carbocycles. The van der Waals surface area contributed by atoms with Crippen molar-refractivity contribution in [2.75, 3.05) is 5.88 Å². The van der Waals surface area contributed by atoms with Gasteiger partial charge in [0, 0.05) is 5.88 Å². The summed E-state index contributed by atoms with van der Waals surface area (Å²) >= 11 is 5.83. The van der Waals surface area contributed by atoms with Crippen LogP contribution in [0.2, 0.25) is 0 Å². The molecule has 0 unspecified atom stereocenters. The van der Waals surface area contributed by atoms with Crippen molar-refractivity contribution >= 4 is 17.5 Å². The quantitative estimate of drug-likeness (QED) is 0.666. The van der Waals surface area contributed by atoms with Crippen molar-refractivity contribution in [3.05, 3.63) is 29.1 Å². The highest BCUT2D eigenvalue weighted by Crippen LogP contribution is 2.32. The van der Waals surface area contributed by atoms with Crippen LogP contribution in [-0.4, -0.2) is 22.4 Å². The maximum Gasteiger partial charge on any atom is 0.254 e. The van der Waals surface area contributed by atoms with Gasteiger partial charge in [0.05, 0.1) is 11.1 Å². The number of alkyl halides is 1. The zero-order valence-corrected chi connectivity index (χ0v) is 11.2. The second kappa shape index (κ2) is 5.52. The van der Waals surface area contributed by atoms with Crippen LogP contribution in [-0.2, 0) is 0 Å². The molecule has 1 aliphatic rings. The van der Waals surface area contributed by atoms with Gasteiger partial charge in [-0.15, -0.1) is 11.6 Å². The molecule has 1 aliphatic carbocycles. The van der Waals surface area contributed by atoms with E-state index >= 15 is 0 Å². The van der Waals surface area contributed by atoms with Gasteiger partial charge in [-0.2, -0.15) is 4.39 Å². The van der Waals surface area contributed by atoms with Crippen molar-refractivity contribution in [2.45, 2.75) is 31.2 Å².